The summed E-state index contributed by atoms with van der Waals surface area (Å²) >= 11 is 3.41. The Hall–Kier alpha value is -0.450. The zero-order chi connectivity index (χ0) is 13.9. The van der Waals surface area contributed by atoms with E-state index in [9.17, 15) is 4.39 Å². The maximum absolute atomic E-state index is 13.9. The van der Waals surface area contributed by atoms with Gasteiger partial charge in [0.2, 0.25) is 0 Å². The minimum Gasteiger partial charge on any atom is -0.314 e. The molecule has 0 saturated carbocycles. The maximum Gasteiger partial charge on any atom is 0.127 e. The van der Waals surface area contributed by atoms with Gasteiger partial charge in [0, 0.05) is 29.0 Å². The molecule has 2 nitrogen and oxygen atoms in total. The van der Waals surface area contributed by atoms with Gasteiger partial charge < -0.3 is 10.6 Å². The molecule has 1 aliphatic heterocycles. The zero-order valence-corrected chi connectivity index (χ0v) is 13.2. The predicted molar refractivity (Wildman–Crippen MR) is 81.0 cm³/mol. The van der Waals surface area contributed by atoms with Gasteiger partial charge >= 0.3 is 0 Å². The molecule has 1 aliphatic rings. The van der Waals surface area contributed by atoms with Crippen molar-refractivity contribution in [2.24, 2.45) is 0 Å². The molecular weight excluding hydrogens is 307 g/mol. The zero-order valence-electron chi connectivity index (χ0n) is 11.6. The third-order valence-electron chi connectivity index (χ3n) is 3.78. The quantitative estimate of drug-likeness (QED) is 0.867. The number of rotatable bonds is 5. The highest BCUT2D eigenvalue weighted by Crippen LogP contribution is 2.27. The molecule has 2 rings (SSSR count). The molecule has 1 saturated heterocycles. The van der Waals surface area contributed by atoms with E-state index in [-0.39, 0.29) is 11.2 Å². The van der Waals surface area contributed by atoms with Crippen LogP contribution >= 0.6 is 15.9 Å². The van der Waals surface area contributed by atoms with Gasteiger partial charge in [0.15, 0.2) is 0 Å². The Morgan fingerprint density at radius 2 is 2.26 bits per heavy atom. The molecule has 4 heteroatoms. The fourth-order valence-electron chi connectivity index (χ4n) is 2.60. The lowest BCUT2D eigenvalue weighted by Gasteiger charge is -2.27. The number of halogens is 2. The van der Waals surface area contributed by atoms with Crippen molar-refractivity contribution in [3.05, 3.63) is 34.1 Å². The van der Waals surface area contributed by atoms with E-state index in [0.29, 0.717) is 6.04 Å². The first-order valence-corrected chi connectivity index (χ1v) is 7.68. The lowest BCUT2D eigenvalue weighted by atomic mass is 9.84. The third-order valence-corrected chi connectivity index (χ3v) is 4.27. The second-order valence-corrected chi connectivity index (χ2v) is 6.85. The van der Waals surface area contributed by atoms with Crippen LogP contribution in [0, 0.1) is 5.82 Å². The molecule has 1 aromatic carbocycles. The van der Waals surface area contributed by atoms with Gasteiger partial charge in [0.05, 0.1) is 0 Å². The molecular formula is C15H22BrFN2. The van der Waals surface area contributed by atoms with E-state index < -0.39 is 0 Å². The van der Waals surface area contributed by atoms with Crippen molar-refractivity contribution in [3.63, 3.8) is 0 Å². The Morgan fingerprint density at radius 3 is 2.95 bits per heavy atom. The second kappa shape index (κ2) is 6.33. The summed E-state index contributed by atoms with van der Waals surface area (Å²) in [6, 6.07) is 5.72. The van der Waals surface area contributed by atoms with E-state index in [2.05, 4.69) is 40.4 Å². The smallest absolute Gasteiger partial charge is 0.127 e. The molecule has 1 unspecified atom stereocenters. The average molecular weight is 329 g/mol. The average Bonchev–Trinajstić information content (AvgIpc) is 2.85. The van der Waals surface area contributed by atoms with Crippen LogP contribution < -0.4 is 10.6 Å². The molecule has 0 aliphatic carbocycles. The molecule has 0 amide bonds. The van der Waals surface area contributed by atoms with E-state index in [1.165, 1.54) is 18.9 Å². The lowest BCUT2D eigenvalue weighted by Crippen LogP contribution is -2.40. The lowest BCUT2D eigenvalue weighted by molar-refractivity contribution is 0.425. The molecule has 0 spiro atoms. The second-order valence-electron chi connectivity index (χ2n) is 5.93. The Bertz CT molecular complexity index is 428. The first-order chi connectivity index (χ1) is 8.99. The SMILES string of the molecule is CC(C)(CNCC1CCCN1)c1cc(Br)ccc1F. The van der Waals surface area contributed by atoms with Crippen molar-refractivity contribution in [3.8, 4) is 0 Å². The van der Waals surface area contributed by atoms with Crippen LogP contribution in [-0.2, 0) is 5.41 Å². The van der Waals surface area contributed by atoms with E-state index in [1.54, 1.807) is 6.07 Å². The van der Waals surface area contributed by atoms with Crippen LogP contribution in [0.15, 0.2) is 22.7 Å². The predicted octanol–water partition coefficient (Wildman–Crippen LogP) is 3.21. The normalized spacial score (nSPS) is 19.9. The summed E-state index contributed by atoms with van der Waals surface area (Å²) in [5.41, 5.74) is 0.542. The van der Waals surface area contributed by atoms with Gasteiger partial charge in [-0.15, -0.1) is 0 Å². The third kappa shape index (κ3) is 4.01. The van der Waals surface area contributed by atoms with Crippen LogP contribution in [0.4, 0.5) is 4.39 Å². The van der Waals surface area contributed by atoms with E-state index in [4.69, 9.17) is 0 Å². The molecule has 1 heterocycles. The molecule has 1 atom stereocenters. The van der Waals surface area contributed by atoms with Crippen LogP contribution in [-0.4, -0.2) is 25.7 Å². The Balaban J connectivity index is 1.94. The fourth-order valence-corrected chi connectivity index (χ4v) is 2.96. The van der Waals surface area contributed by atoms with Crippen molar-refractivity contribution in [2.75, 3.05) is 19.6 Å². The number of hydrogen-bond acceptors (Lipinski definition) is 2. The molecule has 19 heavy (non-hydrogen) atoms. The highest BCUT2D eigenvalue weighted by atomic mass is 79.9. The standard InChI is InChI=1S/C15H22BrFN2/c1-15(2,10-18-9-12-4-3-7-19-12)13-8-11(16)5-6-14(13)17/h5-6,8,12,18-19H,3-4,7,9-10H2,1-2H3. The van der Waals surface area contributed by atoms with Gasteiger partial charge in [0.1, 0.15) is 5.82 Å². The highest BCUT2D eigenvalue weighted by molar-refractivity contribution is 9.10. The van der Waals surface area contributed by atoms with Crippen LogP contribution in [0.25, 0.3) is 0 Å². The van der Waals surface area contributed by atoms with Gasteiger partial charge in [-0.2, -0.15) is 0 Å². The summed E-state index contributed by atoms with van der Waals surface area (Å²) in [7, 11) is 0. The molecule has 106 valence electrons. The molecule has 0 bridgehead atoms. The summed E-state index contributed by atoms with van der Waals surface area (Å²) in [6.45, 7) is 7.01. The monoisotopic (exact) mass is 328 g/mol. The van der Waals surface area contributed by atoms with Gasteiger partial charge in [-0.3, -0.25) is 0 Å². The minimum atomic E-state index is -0.216. The molecule has 2 N–H and O–H groups in total. The van der Waals surface area contributed by atoms with E-state index >= 15 is 0 Å². The Kier molecular flexibility index (Phi) is 4.98. The van der Waals surface area contributed by atoms with Crippen molar-refractivity contribution in [1.82, 2.24) is 10.6 Å². The molecule has 0 aromatic heterocycles. The number of hydrogen-bond donors (Lipinski definition) is 2. The first-order valence-electron chi connectivity index (χ1n) is 6.89. The van der Waals surface area contributed by atoms with Gasteiger partial charge in [-0.25, -0.2) is 4.39 Å². The topological polar surface area (TPSA) is 24.1 Å². The van der Waals surface area contributed by atoms with Crippen molar-refractivity contribution >= 4 is 15.9 Å². The van der Waals surface area contributed by atoms with Crippen LogP contribution in [0.1, 0.15) is 32.3 Å². The maximum atomic E-state index is 13.9. The molecule has 1 aromatic rings. The highest BCUT2D eigenvalue weighted by Gasteiger charge is 2.24. The van der Waals surface area contributed by atoms with Crippen LogP contribution in [0.2, 0.25) is 0 Å². The summed E-state index contributed by atoms with van der Waals surface area (Å²) in [4.78, 5) is 0. The van der Waals surface area contributed by atoms with Crippen molar-refractivity contribution < 1.29 is 4.39 Å². The number of nitrogens with one attached hydrogen (secondary N) is 2. The Morgan fingerprint density at radius 1 is 1.47 bits per heavy atom. The summed E-state index contributed by atoms with van der Waals surface area (Å²) < 4.78 is 14.9. The molecule has 1 fully saturated rings. The molecule has 0 radical (unpaired) electrons. The van der Waals surface area contributed by atoms with Crippen molar-refractivity contribution in [2.45, 2.75) is 38.1 Å². The summed E-state index contributed by atoms with van der Waals surface area (Å²) in [5, 5.41) is 6.93. The Labute approximate surface area is 123 Å². The largest absolute Gasteiger partial charge is 0.314 e. The summed E-state index contributed by atoms with van der Waals surface area (Å²) in [6.07, 6.45) is 2.49. The first kappa shape index (κ1) is 14.9. The van der Waals surface area contributed by atoms with Gasteiger partial charge in [-0.05, 0) is 43.1 Å². The van der Waals surface area contributed by atoms with Crippen LogP contribution in [0.3, 0.4) is 0 Å². The van der Waals surface area contributed by atoms with E-state index in [1.807, 2.05) is 6.07 Å². The van der Waals surface area contributed by atoms with Crippen molar-refractivity contribution in [1.29, 1.82) is 0 Å². The van der Waals surface area contributed by atoms with E-state index in [0.717, 1.165) is 29.7 Å². The number of benzene rings is 1. The van der Waals surface area contributed by atoms with Crippen LogP contribution in [0.5, 0.6) is 0 Å². The van der Waals surface area contributed by atoms with Gasteiger partial charge in [-0.1, -0.05) is 29.8 Å². The van der Waals surface area contributed by atoms with Gasteiger partial charge in [0.25, 0.3) is 0 Å². The fraction of sp³-hybridized carbons (Fsp3) is 0.600. The minimum absolute atomic E-state index is 0.131. The summed E-state index contributed by atoms with van der Waals surface area (Å²) in [5.74, 6) is -0.131.